The summed E-state index contributed by atoms with van der Waals surface area (Å²) in [4.78, 5) is 24.2. The maximum Gasteiger partial charge on any atom is 0.329 e. The van der Waals surface area contributed by atoms with Gasteiger partial charge in [0, 0.05) is 0 Å². The number of carbonyl (C=O) groups excluding carboxylic acids is 1. The minimum absolute atomic E-state index is 0.265. The van der Waals surface area contributed by atoms with Crippen LogP contribution in [0.5, 0.6) is 11.5 Å². The molecule has 1 aromatic rings. The average molecular weight is 325 g/mol. The van der Waals surface area contributed by atoms with Gasteiger partial charge in [-0.1, -0.05) is 6.07 Å². The second-order valence-electron chi connectivity index (χ2n) is 4.99. The zero-order valence-electron chi connectivity index (χ0n) is 12.5. The number of nitrogens with one attached hydrogen (secondary N) is 1. The van der Waals surface area contributed by atoms with Crippen molar-refractivity contribution in [2.45, 2.75) is 18.4 Å². The highest BCUT2D eigenvalue weighted by molar-refractivity contribution is 7.99. The summed E-state index contributed by atoms with van der Waals surface area (Å²) in [6.45, 7) is 0. The zero-order valence-corrected chi connectivity index (χ0v) is 13.4. The summed E-state index contributed by atoms with van der Waals surface area (Å²) in [6, 6.07) is 4.93. The Hall–Kier alpha value is -1.89. The van der Waals surface area contributed by atoms with Gasteiger partial charge >= 0.3 is 5.97 Å². The number of para-hydroxylation sites is 1. The molecule has 6 nitrogen and oxygen atoms in total. The summed E-state index contributed by atoms with van der Waals surface area (Å²) in [5, 5.41) is 12.2. The van der Waals surface area contributed by atoms with Gasteiger partial charge in [-0.2, -0.15) is 11.8 Å². The van der Waals surface area contributed by atoms with Crippen LogP contribution in [0.25, 0.3) is 0 Å². The van der Waals surface area contributed by atoms with Gasteiger partial charge in [-0.25, -0.2) is 4.79 Å². The first-order valence-corrected chi connectivity index (χ1v) is 8.04. The molecule has 0 aromatic heterocycles. The van der Waals surface area contributed by atoms with Crippen molar-refractivity contribution >= 4 is 23.6 Å². The number of carboxylic acid groups (broad SMARTS) is 1. The average Bonchev–Trinajstić information content (AvgIpc) is 2.54. The molecule has 2 rings (SSSR count). The summed E-state index contributed by atoms with van der Waals surface area (Å²) in [7, 11) is 2.93. The molecule has 2 N–H and O–H groups in total. The molecule has 0 saturated carbocycles. The molecule has 1 aliphatic heterocycles. The molecule has 0 bridgehead atoms. The Bertz CT molecular complexity index is 569. The van der Waals surface area contributed by atoms with Crippen LogP contribution in [-0.2, 0) is 4.79 Å². The minimum atomic E-state index is -1.21. The summed E-state index contributed by atoms with van der Waals surface area (Å²) >= 11 is 1.69. The zero-order chi connectivity index (χ0) is 16.2. The van der Waals surface area contributed by atoms with Crippen molar-refractivity contribution in [1.29, 1.82) is 0 Å². The van der Waals surface area contributed by atoms with Crippen molar-refractivity contribution < 1.29 is 24.2 Å². The van der Waals surface area contributed by atoms with E-state index < -0.39 is 17.4 Å². The standard InChI is InChI=1S/C15H19NO5S/c1-20-11-5-3-4-10(12(11)21-2)13(17)16-15(14(18)19)6-8-22-9-7-15/h3-5H,6-9H2,1-2H3,(H,16,17)(H,18,19). The number of benzene rings is 1. The summed E-state index contributed by atoms with van der Waals surface area (Å²) in [5.74, 6) is 0.684. The van der Waals surface area contributed by atoms with Gasteiger partial charge in [-0.05, 0) is 36.5 Å². The Balaban J connectivity index is 2.30. The van der Waals surface area contributed by atoms with E-state index in [9.17, 15) is 14.7 Å². The number of carboxylic acids is 1. The fourth-order valence-corrected chi connectivity index (χ4v) is 3.65. The van der Waals surface area contributed by atoms with Crippen LogP contribution in [0.15, 0.2) is 18.2 Å². The van der Waals surface area contributed by atoms with Gasteiger partial charge in [0.1, 0.15) is 5.54 Å². The topological polar surface area (TPSA) is 84.9 Å². The molecule has 1 aliphatic rings. The first-order chi connectivity index (χ1) is 10.5. The van der Waals surface area contributed by atoms with Crippen molar-refractivity contribution in [1.82, 2.24) is 5.32 Å². The number of thioether (sulfide) groups is 1. The van der Waals surface area contributed by atoms with Crippen LogP contribution in [0.1, 0.15) is 23.2 Å². The highest BCUT2D eigenvalue weighted by Crippen LogP contribution is 2.32. The maximum atomic E-state index is 12.6. The van der Waals surface area contributed by atoms with Gasteiger partial charge in [-0.15, -0.1) is 0 Å². The predicted octanol–water partition coefficient (Wildman–Crippen LogP) is 1.78. The molecule has 0 unspecified atom stereocenters. The SMILES string of the molecule is COc1cccc(C(=O)NC2(C(=O)O)CCSCC2)c1OC. The molecule has 120 valence electrons. The molecule has 7 heteroatoms. The summed E-state index contributed by atoms with van der Waals surface area (Å²) in [6.07, 6.45) is 0.816. The highest BCUT2D eigenvalue weighted by Gasteiger charge is 2.41. The Morgan fingerprint density at radius 2 is 1.91 bits per heavy atom. The van der Waals surface area contributed by atoms with Crippen molar-refractivity contribution in [2.75, 3.05) is 25.7 Å². The quantitative estimate of drug-likeness (QED) is 0.858. The second-order valence-corrected chi connectivity index (χ2v) is 6.22. The molecule has 1 saturated heterocycles. The van der Waals surface area contributed by atoms with Gasteiger partial charge in [-0.3, -0.25) is 4.79 Å². The highest BCUT2D eigenvalue weighted by atomic mass is 32.2. The van der Waals surface area contributed by atoms with Gasteiger partial charge in [0.2, 0.25) is 0 Å². The lowest BCUT2D eigenvalue weighted by Crippen LogP contribution is -2.56. The number of methoxy groups -OCH3 is 2. The molecule has 0 radical (unpaired) electrons. The van der Waals surface area contributed by atoms with E-state index in [2.05, 4.69) is 5.32 Å². The third-order valence-electron chi connectivity index (χ3n) is 3.76. The molecule has 22 heavy (non-hydrogen) atoms. The molecular formula is C15H19NO5S. The van der Waals surface area contributed by atoms with Crippen LogP contribution in [-0.4, -0.2) is 48.2 Å². The first kappa shape index (κ1) is 16.5. The lowest BCUT2D eigenvalue weighted by atomic mass is 9.91. The smallest absolute Gasteiger partial charge is 0.329 e. The van der Waals surface area contributed by atoms with Crippen LogP contribution in [0.4, 0.5) is 0 Å². The Morgan fingerprint density at radius 3 is 2.45 bits per heavy atom. The molecule has 1 fully saturated rings. The van der Waals surface area contributed by atoms with Gasteiger partial charge in [0.25, 0.3) is 5.91 Å². The van der Waals surface area contributed by atoms with Crippen LogP contribution < -0.4 is 14.8 Å². The van der Waals surface area contributed by atoms with Crippen molar-refractivity contribution in [3.8, 4) is 11.5 Å². The normalized spacial score (nSPS) is 16.6. The first-order valence-electron chi connectivity index (χ1n) is 6.89. The number of rotatable bonds is 5. The fraction of sp³-hybridized carbons (Fsp3) is 0.467. The molecule has 0 atom stereocenters. The van der Waals surface area contributed by atoms with Crippen molar-refractivity contribution in [3.05, 3.63) is 23.8 Å². The minimum Gasteiger partial charge on any atom is -0.493 e. The van der Waals surface area contributed by atoms with Crippen LogP contribution in [0, 0.1) is 0 Å². The van der Waals surface area contributed by atoms with Crippen LogP contribution in [0.3, 0.4) is 0 Å². The van der Waals surface area contributed by atoms with Crippen LogP contribution in [0.2, 0.25) is 0 Å². The molecule has 1 heterocycles. The number of carbonyl (C=O) groups is 2. The Morgan fingerprint density at radius 1 is 1.23 bits per heavy atom. The third-order valence-corrected chi connectivity index (χ3v) is 4.74. The third kappa shape index (κ3) is 3.14. The number of hydrogen-bond donors (Lipinski definition) is 2. The van der Waals surface area contributed by atoms with Crippen molar-refractivity contribution in [3.63, 3.8) is 0 Å². The number of ether oxygens (including phenoxy) is 2. The fourth-order valence-electron chi connectivity index (χ4n) is 2.46. The van der Waals surface area contributed by atoms with E-state index in [1.54, 1.807) is 30.0 Å². The van der Waals surface area contributed by atoms with E-state index in [1.165, 1.54) is 14.2 Å². The maximum absolute atomic E-state index is 12.6. The molecular weight excluding hydrogens is 306 g/mol. The van der Waals surface area contributed by atoms with Gasteiger partial charge in [0.15, 0.2) is 11.5 Å². The Labute approximate surface area is 133 Å². The molecule has 0 aliphatic carbocycles. The largest absolute Gasteiger partial charge is 0.493 e. The van der Waals surface area contributed by atoms with E-state index in [0.717, 1.165) is 0 Å². The van der Waals surface area contributed by atoms with E-state index in [1.807, 2.05) is 0 Å². The van der Waals surface area contributed by atoms with Gasteiger partial charge in [0.05, 0.1) is 19.8 Å². The molecule has 1 amide bonds. The predicted molar refractivity (Wildman–Crippen MR) is 83.9 cm³/mol. The number of amides is 1. The monoisotopic (exact) mass is 325 g/mol. The summed E-state index contributed by atoms with van der Waals surface area (Å²) in [5.41, 5.74) is -0.947. The Kier molecular flexibility index (Phi) is 5.18. The second kappa shape index (κ2) is 6.91. The van der Waals surface area contributed by atoms with E-state index in [4.69, 9.17) is 9.47 Å². The van der Waals surface area contributed by atoms with Crippen LogP contribution >= 0.6 is 11.8 Å². The van der Waals surface area contributed by atoms with E-state index in [0.29, 0.717) is 35.8 Å². The van der Waals surface area contributed by atoms with Gasteiger partial charge < -0.3 is 19.9 Å². The lowest BCUT2D eigenvalue weighted by molar-refractivity contribution is -0.144. The molecule has 0 spiro atoms. The lowest BCUT2D eigenvalue weighted by Gasteiger charge is -2.33. The number of aliphatic carboxylic acids is 1. The molecule has 1 aromatic carbocycles. The summed E-state index contributed by atoms with van der Waals surface area (Å²) < 4.78 is 10.4. The van der Waals surface area contributed by atoms with Crippen molar-refractivity contribution in [2.24, 2.45) is 0 Å². The van der Waals surface area contributed by atoms with E-state index in [-0.39, 0.29) is 5.56 Å². The number of hydrogen-bond acceptors (Lipinski definition) is 5. The van der Waals surface area contributed by atoms with E-state index >= 15 is 0 Å².